The molecule has 1 heterocycles. The van der Waals surface area contributed by atoms with Crippen molar-refractivity contribution in [1.29, 1.82) is 0 Å². The number of nitrogens with one attached hydrogen (secondary N) is 2. The van der Waals surface area contributed by atoms with Gasteiger partial charge in [0.2, 0.25) is 5.91 Å². The first-order valence-corrected chi connectivity index (χ1v) is 7.38. The van der Waals surface area contributed by atoms with Crippen LogP contribution in [0.4, 0.5) is 0 Å². The SMILES string of the molecule is CCC1CCCC(NC(=O)CC2COCCN2)C1. The topological polar surface area (TPSA) is 50.4 Å². The smallest absolute Gasteiger partial charge is 0.221 e. The molecule has 1 saturated heterocycles. The van der Waals surface area contributed by atoms with Gasteiger partial charge in [-0.25, -0.2) is 0 Å². The van der Waals surface area contributed by atoms with E-state index < -0.39 is 0 Å². The normalized spacial score (nSPS) is 33.1. The van der Waals surface area contributed by atoms with Crippen LogP contribution >= 0.6 is 0 Å². The maximum absolute atomic E-state index is 12.0. The van der Waals surface area contributed by atoms with E-state index in [2.05, 4.69) is 17.6 Å². The third kappa shape index (κ3) is 4.25. The van der Waals surface area contributed by atoms with Crippen LogP contribution in [0, 0.1) is 5.92 Å². The van der Waals surface area contributed by atoms with Crippen molar-refractivity contribution in [2.45, 2.75) is 57.5 Å². The van der Waals surface area contributed by atoms with Crippen molar-refractivity contribution in [3.8, 4) is 0 Å². The molecule has 104 valence electrons. The fourth-order valence-electron chi connectivity index (χ4n) is 3.05. The largest absolute Gasteiger partial charge is 0.378 e. The fraction of sp³-hybridized carbons (Fsp3) is 0.929. The van der Waals surface area contributed by atoms with Gasteiger partial charge in [-0.2, -0.15) is 0 Å². The Kier molecular flexibility index (Phi) is 5.45. The van der Waals surface area contributed by atoms with Crippen molar-refractivity contribution < 1.29 is 9.53 Å². The highest BCUT2D eigenvalue weighted by Crippen LogP contribution is 2.26. The number of morpholine rings is 1. The molecule has 3 unspecified atom stereocenters. The van der Waals surface area contributed by atoms with E-state index in [4.69, 9.17) is 4.74 Å². The van der Waals surface area contributed by atoms with Crippen LogP contribution < -0.4 is 10.6 Å². The quantitative estimate of drug-likeness (QED) is 0.798. The monoisotopic (exact) mass is 254 g/mol. The fourth-order valence-corrected chi connectivity index (χ4v) is 3.05. The van der Waals surface area contributed by atoms with Gasteiger partial charge in [-0.3, -0.25) is 4.79 Å². The molecule has 1 saturated carbocycles. The Morgan fingerprint density at radius 3 is 3.06 bits per heavy atom. The lowest BCUT2D eigenvalue weighted by molar-refractivity contribution is -0.123. The minimum Gasteiger partial charge on any atom is -0.378 e. The number of carbonyl (C=O) groups is 1. The Bertz CT molecular complexity index is 265. The Balaban J connectivity index is 1.69. The molecule has 2 aliphatic rings. The lowest BCUT2D eigenvalue weighted by atomic mass is 9.84. The van der Waals surface area contributed by atoms with Crippen LogP contribution in [0.3, 0.4) is 0 Å². The van der Waals surface area contributed by atoms with Gasteiger partial charge in [0.25, 0.3) is 0 Å². The molecule has 1 aliphatic carbocycles. The summed E-state index contributed by atoms with van der Waals surface area (Å²) in [7, 11) is 0. The Morgan fingerprint density at radius 1 is 1.44 bits per heavy atom. The number of rotatable bonds is 4. The second kappa shape index (κ2) is 7.10. The molecule has 2 fully saturated rings. The van der Waals surface area contributed by atoms with Crippen molar-refractivity contribution in [2.24, 2.45) is 5.92 Å². The van der Waals surface area contributed by atoms with Crippen molar-refractivity contribution >= 4 is 5.91 Å². The molecule has 0 bridgehead atoms. The molecular weight excluding hydrogens is 228 g/mol. The molecule has 3 atom stereocenters. The highest BCUT2D eigenvalue weighted by Gasteiger charge is 2.23. The van der Waals surface area contributed by atoms with Gasteiger partial charge < -0.3 is 15.4 Å². The summed E-state index contributed by atoms with van der Waals surface area (Å²) in [4.78, 5) is 12.0. The highest BCUT2D eigenvalue weighted by molar-refractivity contribution is 5.76. The summed E-state index contributed by atoms with van der Waals surface area (Å²) in [6.45, 7) is 4.53. The van der Waals surface area contributed by atoms with Crippen LogP contribution in [-0.4, -0.2) is 37.7 Å². The maximum atomic E-state index is 12.0. The summed E-state index contributed by atoms with van der Waals surface area (Å²) in [6.07, 6.45) is 6.69. The minimum atomic E-state index is 0.180. The molecule has 0 spiro atoms. The maximum Gasteiger partial charge on any atom is 0.221 e. The zero-order valence-corrected chi connectivity index (χ0v) is 11.4. The van der Waals surface area contributed by atoms with Gasteiger partial charge in [0, 0.05) is 25.0 Å². The lowest BCUT2D eigenvalue weighted by Gasteiger charge is -2.30. The molecule has 1 amide bonds. The number of hydrogen-bond acceptors (Lipinski definition) is 3. The summed E-state index contributed by atoms with van der Waals surface area (Å²) < 4.78 is 5.36. The molecular formula is C14H26N2O2. The molecule has 1 aliphatic heterocycles. The van der Waals surface area contributed by atoms with E-state index in [9.17, 15) is 4.79 Å². The van der Waals surface area contributed by atoms with Gasteiger partial charge >= 0.3 is 0 Å². The van der Waals surface area contributed by atoms with E-state index in [0.29, 0.717) is 19.1 Å². The predicted octanol–water partition coefficient (Wildman–Crippen LogP) is 1.45. The Morgan fingerprint density at radius 2 is 2.33 bits per heavy atom. The molecule has 0 radical (unpaired) electrons. The van der Waals surface area contributed by atoms with Gasteiger partial charge in [-0.05, 0) is 18.8 Å². The van der Waals surface area contributed by atoms with Crippen molar-refractivity contribution in [3.63, 3.8) is 0 Å². The van der Waals surface area contributed by atoms with Crippen molar-refractivity contribution in [2.75, 3.05) is 19.8 Å². The molecule has 0 aromatic carbocycles. The van der Waals surface area contributed by atoms with E-state index in [1.165, 1.54) is 19.3 Å². The van der Waals surface area contributed by atoms with Crippen LogP contribution in [0.25, 0.3) is 0 Å². The first-order chi connectivity index (χ1) is 8.78. The highest BCUT2D eigenvalue weighted by atomic mass is 16.5. The summed E-state index contributed by atoms with van der Waals surface area (Å²) in [5, 5.41) is 6.52. The third-order valence-corrected chi connectivity index (χ3v) is 4.16. The number of ether oxygens (including phenoxy) is 1. The van der Waals surface area contributed by atoms with Crippen LogP contribution in [0.15, 0.2) is 0 Å². The van der Waals surface area contributed by atoms with Crippen LogP contribution in [0.1, 0.15) is 45.4 Å². The van der Waals surface area contributed by atoms with Gasteiger partial charge in [0.05, 0.1) is 13.2 Å². The molecule has 4 heteroatoms. The van der Waals surface area contributed by atoms with E-state index in [0.717, 1.165) is 31.9 Å². The number of hydrogen-bond donors (Lipinski definition) is 2. The average Bonchev–Trinajstić information content (AvgIpc) is 2.40. The Labute approximate surface area is 110 Å². The Hall–Kier alpha value is -0.610. The summed E-state index contributed by atoms with van der Waals surface area (Å²) in [5.74, 6) is 0.986. The van der Waals surface area contributed by atoms with Crippen molar-refractivity contribution in [1.82, 2.24) is 10.6 Å². The summed E-state index contributed by atoms with van der Waals surface area (Å²) >= 11 is 0. The standard InChI is InChI=1S/C14H26N2O2/c1-2-11-4-3-5-12(8-11)16-14(17)9-13-10-18-7-6-15-13/h11-13,15H,2-10H2,1H3,(H,16,17). The molecule has 18 heavy (non-hydrogen) atoms. The molecule has 2 N–H and O–H groups in total. The second-order valence-electron chi connectivity index (χ2n) is 5.64. The van der Waals surface area contributed by atoms with Gasteiger partial charge in [0.1, 0.15) is 0 Å². The van der Waals surface area contributed by atoms with Gasteiger partial charge in [-0.1, -0.05) is 26.2 Å². The van der Waals surface area contributed by atoms with Gasteiger partial charge in [0.15, 0.2) is 0 Å². The summed E-state index contributed by atoms with van der Waals surface area (Å²) in [6, 6.07) is 0.602. The third-order valence-electron chi connectivity index (χ3n) is 4.16. The number of carbonyl (C=O) groups excluding carboxylic acids is 1. The zero-order valence-electron chi connectivity index (χ0n) is 11.4. The van der Waals surface area contributed by atoms with Crippen LogP contribution in [0.5, 0.6) is 0 Å². The first kappa shape index (κ1) is 13.8. The lowest BCUT2D eigenvalue weighted by Crippen LogP contribution is -2.46. The number of amides is 1. The molecule has 0 aromatic heterocycles. The van der Waals surface area contributed by atoms with E-state index in [-0.39, 0.29) is 11.9 Å². The van der Waals surface area contributed by atoms with Crippen LogP contribution in [0.2, 0.25) is 0 Å². The predicted molar refractivity (Wildman–Crippen MR) is 71.4 cm³/mol. The first-order valence-electron chi connectivity index (χ1n) is 7.38. The second-order valence-corrected chi connectivity index (χ2v) is 5.64. The minimum absolute atomic E-state index is 0.180. The van der Waals surface area contributed by atoms with E-state index in [1.54, 1.807) is 0 Å². The van der Waals surface area contributed by atoms with E-state index in [1.807, 2.05) is 0 Å². The van der Waals surface area contributed by atoms with Crippen molar-refractivity contribution in [3.05, 3.63) is 0 Å². The van der Waals surface area contributed by atoms with E-state index >= 15 is 0 Å². The molecule has 4 nitrogen and oxygen atoms in total. The average molecular weight is 254 g/mol. The van der Waals surface area contributed by atoms with Gasteiger partial charge in [-0.15, -0.1) is 0 Å². The summed E-state index contributed by atoms with van der Waals surface area (Å²) in [5.41, 5.74) is 0. The molecule has 2 rings (SSSR count). The van der Waals surface area contributed by atoms with Crippen LogP contribution in [-0.2, 0) is 9.53 Å². The molecule has 0 aromatic rings. The zero-order chi connectivity index (χ0) is 12.8.